The van der Waals surface area contributed by atoms with Gasteiger partial charge in [0.05, 0.1) is 13.2 Å². The van der Waals surface area contributed by atoms with Crippen molar-refractivity contribution in [3.8, 4) is 0 Å². The average Bonchev–Trinajstić information content (AvgIpc) is 2.99. The molecule has 126 valence electrons. The maximum atomic E-state index is 12.0. The van der Waals surface area contributed by atoms with Gasteiger partial charge in [-0.2, -0.15) is 0 Å². The third kappa shape index (κ3) is 3.90. The van der Waals surface area contributed by atoms with Crippen LogP contribution < -0.4 is 10.9 Å². The van der Waals surface area contributed by atoms with E-state index in [0.29, 0.717) is 31.7 Å². The quantitative estimate of drug-likeness (QED) is 0.820. The molecule has 1 aromatic carbocycles. The number of rotatable bonds is 5. The lowest BCUT2D eigenvalue weighted by Crippen LogP contribution is -2.32. The van der Waals surface area contributed by atoms with Gasteiger partial charge in [0.2, 0.25) is 5.91 Å². The number of fused-ring (bicyclic) bond motifs is 1. The molecule has 1 aliphatic heterocycles. The van der Waals surface area contributed by atoms with Gasteiger partial charge in [0.25, 0.3) is 5.56 Å². The molecule has 1 aliphatic rings. The summed E-state index contributed by atoms with van der Waals surface area (Å²) < 4.78 is 10.9. The average molecular weight is 328 g/mol. The Morgan fingerprint density at radius 3 is 2.88 bits per heavy atom. The molecule has 0 spiro atoms. The summed E-state index contributed by atoms with van der Waals surface area (Å²) in [6.07, 6.45) is 3.45. The van der Waals surface area contributed by atoms with Crippen LogP contribution in [-0.4, -0.2) is 36.4 Å². The lowest BCUT2D eigenvalue weighted by molar-refractivity contribution is -0.146. The van der Waals surface area contributed by atoms with Gasteiger partial charge in [0.1, 0.15) is 0 Å². The van der Waals surface area contributed by atoms with Crippen molar-refractivity contribution in [1.82, 2.24) is 10.3 Å². The summed E-state index contributed by atoms with van der Waals surface area (Å²) in [7, 11) is 0. The summed E-state index contributed by atoms with van der Waals surface area (Å²) in [4.78, 5) is 26.7. The van der Waals surface area contributed by atoms with E-state index in [-0.39, 0.29) is 11.5 Å². The summed E-state index contributed by atoms with van der Waals surface area (Å²) in [6.45, 7) is 3.45. The zero-order chi connectivity index (χ0) is 17.0. The van der Waals surface area contributed by atoms with Crippen LogP contribution in [0.5, 0.6) is 0 Å². The van der Waals surface area contributed by atoms with Crippen LogP contribution in [0.25, 0.3) is 17.0 Å². The number of carbonyl (C=O) groups excluding carboxylic acids is 1. The molecule has 2 N–H and O–H groups in total. The fraction of sp³-hybridized carbons (Fsp3) is 0.333. The van der Waals surface area contributed by atoms with Crippen LogP contribution in [0.4, 0.5) is 0 Å². The lowest BCUT2D eigenvalue weighted by Gasteiger charge is -2.21. The van der Waals surface area contributed by atoms with E-state index >= 15 is 0 Å². The van der Waals surface area contributed by atoms with E-state index in [1.165, 1.54) is 12.2 Å². The summed E-state index contributed by atoms with van der Waals surface area (Å²) >= 11 is 0. The number of carbonyl (C=O) groups is 1. The van der Waals surface area contributed by atoms with Crippen LogP contribution in [-0.2, 0) is 14.3 Å². The second kappa shape index (κ2) is 6.98. The Labute approximate surface area is 139 Å². The highest BCUT2D eigenvalue weighted by molar-refractivity contribution is 5.92. The molecular formula is C18H20N2O4. The van der Waals surface area contributed by atoms with Gasteiger partial charge in [-0.25, -0.2) is 0 Å². The molecule has 2 heterocycles. The summed E-state index contributed by atoms with van der Waals surface area (Å²) in [5.74, 6) is -0.879. The van der Waals surface area contributed by atoms with Crippen molar-refractivity contribution < 1.29 is 14.3 Å². The molecule has 1 aromatic heterocycles. The number of pyridine rings is 1. The van der Waals surface area contributed by atoms with Crippen LogP contribution in [0.1, 0.15) is 18.9 Å². The Hall–Kier alpha value is -2.44. The van der Waals surface area contributed by atoms with Crippen molar-refractivity contribution in [2.75, 3.05) is 19.8 Å². The monoisotopic (exact) mass is 328 g/mol. The van der Waals surface area contributed by atoms with Crippen LogP contribution in [0.3, 0.4) is 0 Å². The predicted octanol–water partition coefficient (Wildman–Crippen LogP) is 1.81. The molecule has 0 bridgehead atoms. The van der Waals surface area contributed by atoms with Crippen LogP contribution in [0, 0.1) is 0 Å². The topological polar surface area (TPSA) is 80.4 Å². The first-order chi connectivity index (χ1) is 11.6. The van der Waals surface area contributed by atoms with Crippen LogP contribution >= 0.6 is 0 Å². The minimum Gasteiger partial charge on any atom is -0.352 e. The van der Waals surface area contributed by atoms with Gasteiger partial charge in [-0.05, 0) is 30.5 Å². The maximum Gasteiger partial charge on any atom is 0.255 e. The molecule has 6 heteroatoms. The van der Waals surface area contributed by atoms with Gasteiger partial charge >= 0.3 is 0 Å². The number of nitrogens with one attached hydrogen (secondary N) is 2. The molecule has 24 heavy (non-hydrogen) atoms. The molecule has 0 unspecified atom stereocenters. The highest BCUT2D eigenvalue weighted by atomic mass is 16.7. The van der Waals surface area contributed by atoms with E-state index in [1.54, 1.807) is 6.07 Å². The van der Waals surface area contributed by atoms with E-state index in [4.69, 9.17) is 9.47 Å². The van der Waals surface area contributed by atoms with Crippen LogP contribution in [0.15, 0.2) is 41.2 Å². The Morgan fingerprint density at radius 1 is 1.33 bits per heavy atom. The van der Waals surface area contributed by atoms with Crippen LogP contribution in [0.2, 0.25) is 0 Å². The molecule has 0 saturated carbocycles. The third-order valence-corrected chi connectivity index (χ3v) is 3.97. The van der Waals surface area contributed by atoms with Crippen molar-refractivity contribution >= 4 is 22.9 Å². The summed E-state index contributed by atoms with van der Waals surface area (Å²) in [5.41, 5.74) is 0.991. The van der Waals surface area contributed by atoms with Crippen molar-refractivity contribution in [3.05, 3.63) is 52.3 Å². The first-order valence-electron chi connectivity index (χ1n) is 7.92. The van der Waals surface area contributed by atoms with Gasteiger partial charge < -0.3 is 19.8 Å². The number of benzene rings is 1. The molecule has 0 aliphatic carbocycles. The molecule has 2 aromatic rings. The van der Waals surface area contributed by atoms with E-state index in [9.17, 15) is 9.59 Å². The van der Waals surface area contributed by atoms with Gasteiger partial charge in [0, 0.05) is 30.1 Å². The number of H-pyrrole nitrogens is 1. The fourth-order valence-corrected chi connectivity index (χ4v) is 2.63. The second-order valence-electron chi connectivity index (χ2n) is 5.85. The second-order valence-corrected chi connectivity index (χ2v) is 5.85. The molecule has 1 fully saturated rings. The molecule has 0 atom stereocenters. The number of hydrogen-bond donors (Lipinski definition) is 2. The molecular weight excluding hydrogens is 308 g/mol. The predicted molar refractivity (Wildman–Crippen MR) is 91.5 cm³/mol. The first-order valence-corrected chi connectivity index (χ1v) is 7.92. The Kier molecular flexibility index (Phi) is 4.78. The van der Waals surface area contributed by atoms with Gasteiger partial charge in [-0.15, -0.1) is 0 Å². The molecule has 1 saturated heterocycles. The smallest absolute Gasteiger partial charge is 0.255 e. The SMILES string of the molecule is CC1(CCNC(=O)/C=C/c2cc3ccccc3[nH]c2=O)OCCO1. The maximum absolute atomic E-state index is 12.0. The van der Waals surface area contributed by atoms with Crippen molar-refractivity contribution in [1.29, 1.82) is 0 Å². The van der Waals surface area contributed by atoms with Gasteiger partial charge in [0.15, 0.2) is 5.79 Å². The Balaban J connectivity index is 1.59. The minimum absolute atomic E-state index is 0.224. The molecule has 6 nitrogen and oxygen atoms in total. The number of para-hydroxylation sites is 1. The minimum atomic E-state index is -0.619. The van der Waals surface area contributed by atoms with E-state index in [1.807, 2.05) is 31.2 Å². The highest BCUT2D eigenvalue weighted by Crippen LogP contribution is 2.21. The molecule has 3 rings (SSSR count). The largest absolute Gasteiger partial charge is 0.352 e. The Bertz CT molecular complexity index is 819. The van der Waals surface area contributed by atoms with E-state index in [2.05, 4.69) is 10.3 Å². The Morgan fingerprint density at radius 2 is 2.08 bits per heavy atom. The van der Waals surface area contributed by atoms with E-state index < -0.39 is 5.79 Å². The van der Waals surface area contributed by atoms with Gasteiger partial charge in [-0.3, -0.25) is 9.59 Å². The first kappa shape index (κ1) is 16.4. The van der Waals surface area contributed by atoms with Crippen molar-refractivity contribution in [2.24, 2.45) is 0 Å². The van der Waals surface area contributed by atoms with Gasteiger partial charge in [-0.1, -0.05) is 18.2 Å². The number of ether oxygens (including phenoxy) is 2. The molecule has 0 radical (unpaired) electrons. The third-order valence-electron chi connectivity index (χ3n) is 3.97. The fourth-order valence-electron chi connectivity index (χ4n) is 2.63. The zero-order valence-electron chi connectivity index (χ0n) is 13.5. The lowest BCUT2D eigenvalue weighted by atomic mass is 10.1. The zero-order valence-corrected chi connectivity index (χ0v) is 13.5. The number of amides is 1. The number of aromatic amines is 1. The number of hydrogen-bond acceptors (Lipinski definition) is 4. The summed E-state index contributed by atoms with van der Waals surface area (Å²) in [5, 5.41) is 3.68. The van der Waals surface area contributed by atoms with E-state index in [0.717, 1.165) is 10.9 Å². The van der Waals surface area contributed by atoms with Crippen molar-refractivity contribution in [3.63, 3.8) is 0 Å². The van der Waals surface area contributed by atoms with Crippen molar-refractivity contribution in [2.45, 2.75) is 19.1 Å². The molecule has 1 amide bonds. The normalized spacial score (nSPS) is 16.7. The standard InChI is InChI=1S/C18H20N2O4/c1-18(23-10-11-24-18)8-9-19-16(21)7-6-14-12-13-4-2-3-5-15(13)20-17(14)22/h2-7,12H,8-11H2,1H3,(H,19,21)(H,20,22)/b7-6+. The number of aromatic nitrogens is 1. The summed E-state index contributed by atoms with van der Waals surface area (Å²) in [6, 6.07) is 9.27. The highest BCUT2D eigenvalue weighted by Gasteiger charge is 2.30.